The lowest BCUT2D eigenvalue weighted by atomic mass is 9.97. The molecule has 1 amide bonds. The number of nitrogens with one attached hydrogen (secondary N) is 1. The summed E-state index contributed by atoms with van der Waals surface area (Å²) in [6.45, 7) is 4.61. The summed E-state index contributed by atoms with van der Waals surface area (Å²) >= 11 is 2.95. The standard InChI is InChI=1S/C20H23N3O3S2/c1-3-21-17(24)12(2)27-20-22-18-16(14-8-4-5-9-15(14)28-18)19(25)23(20)11-13-7-6-10-26-13/h6-7,10,12H,3-5,8-9,11H2,1-2H3,(H,21,24)/t12-/m1/s1. The van der Waals surface area contributed by atoms with Crippen molar-refractivity contribution in [2.45, 2.75) is 56.5 Å². The van der Waals surface area contributed by atoms with E-state index in [1.165, 1.54) is 22.2 Å². The number of thiophene rings is 1. The highest BCUT2D eigenvalue weighted by Crippen LogP contribution is 2.35. The van der Waals surface area contributed by atoms with Crippen molar-refractivity contribution in [1.29, 1.82) is 0 Å². The predicted molar refractivity (Wildman–Crippen MR) is 112 cm³/mol. The van der Waals surface area contributed by atoms with Gasteiger partial charge in [0.1, 0.15) is 10.6 Å². The van der Waals surface area contributed by atoms with Crippen LogP contribution < -0.4 is 10.9 Å². The third kappa shape index (κ3) is 3.63. The van der Waals surface area contributed by atoms with E-state index < -0.39 is 0 Å². The first-order valence-corrected chi connectivity index (χ1v) is 11.3. The monoisotopic (exact) mass is 417 g/mol. The van der Waals surface area contributed by atoms with Gasteiger partial charge in [-0.3, -0.25) is 14.2 Å². The van der Waals surface area contributed by atoms with Crippen molar-refractivity contribution >= 4 is 39.2 Å². The fourth-order valence-corrected chi connectivity index (χ4v) is 5.77. The van der Waals surface area contributed by atoms with Gasteiger partial charge in [-0.05, 0) is 57.2 Å². The zero-order valence-electron chi connectivity index (χ0n) is 16.0. The van der Waals surface area contributed by atoms with E-state index in [9.17, 15) is 9.59 Å². The van der Waals surface area contributed by atoms with Crippen LogP contribution in [0.15, 0.2) is 32.8 Å². The minimum absolute atomic E-state index is 0.0357. The predicted octanol–water partition coefficient (Wildman–Crippen LogP) is 3.59. The molecule has 1 N–H and O–H groups in total. The molecule has 3 aromatic heterocycles. The summed E-state index contributed by atoms with van der Waals surface area (Å²) in [4.78, 5) is 32.6. The Morgan fingerprint density at radius 3 is 3.00 bits per heavy atom. The number of thioether (sulfide) groups is 1. The Morgan fingerprint density at radius 1 is 1.43 bits per heavy atom. The van der Waals surface area contributed by atoms with Crippen LogP contribution in [0.1, 0.15) is 42.9 Å². The van der Waals surface area contributed by atoms with Crippen LogP contribution in [0.25, 0.3) is 10.2 Å². The number of amides is 1. The molecule has 0 aliphatic heterocycles. The Balaban J connectivity index is 1.81. The Morgan fingerprint density at radius 2 is 2.25 bits per heavy atom. The normalized spacial score (nSPS) is 14.8. The SMILES string of the molecule is CCNC(=O)[C@@H](C)Sc1nc2sc3c(c2c(=O)n1Cc1ccco1)CCCC3. The van der Waals surface area contributed by atoms with Crippen molar-refractivity contribution in [3.05, 3.63) is 45.0 Å². The Bertz CT molecular complexity index is 1050. The highest BCUT2D eigenvalue weighted by Gasteiger charge is 2.24. The topological polar surface area (TPSA) is 77.1 Å². The van der Waals surface area contributed by atoms with E-state index in [0.717, 1.165) is 35.9 Å². The molecule has 1 atom stereocenters. The molecule has 0 aromatic carbocycles. The maximum absolute atomic E-state index is 13.5. The molecule has 0 radical (unpaired) electrons. The lowest BCUT2D eigenvalue weighted by Gasteiger charge is -2.15. The summed E-state index contributed by atoms with van der Waals surface area (Å²) in [5, 5.41) is 3.80. The van der Waals surface area contributed by atoms with Crippen molar-refractivity contribution in [3.8, 4) is 0 Å². The molecule has 1 aliphatic carbocycles. The fraction of sp³-hybridized carbons (Fsp3) is 0.450. The Kier molecular flexibility index (Phi) is 5.59. The van der Waals surface area contributed by atoms with Crippen LogP contribution in [0, 0.1) is 0 Å². The van der Waals surface area contributed by atoms with Gasteiger partial charge in [-0.25, -0.2) is 4.98 Å². The van der Waals surface area contributed by atoms with Gasteiger partial charge >= 0.3 is 0 Å². The Hall–Kier alpha value is -2.06. The molecule has 0 spiro atoms. The van der Waals surface area contributed by atoms with Gasteiger partial charge in [0.25, 0.3) is 5.56 Å². The fourth-order valence-electron chi connectivity index (χ4n) is 3.54. The summed E-state index contributed by atoms with van der Waals surface area (Å²) in [5.74, 6) is 0.636. The summed E-state index contributed by atoms with van der Waals surface area (Å²) in [5.41, 5.74) is 1.14. The van der Waals surface area contributed by atoms with Crippen LogP contribution in [-0.4, -0.2) is 27.3 Å². The van der Waals surface area contributed by atoms with Crippen LogP contribution in [0.5, 0.6) is 0 Å². The second-order valence-electron chi connectivity index (χ2n) is 6.91. The number of hydrogen-bond acceptors (Lipinski definition) is 6. The summed E-state index contributed by atoms with van der Waals surface area (Å²) in [7, 11) is 0. The van der Waals surface area contributed by atoms with E-state index in [1.807, 2.05) is 26.0 Å². The molecule has 6 nitrogen and oxygen atoms in total. The molecular formula is C20H23N3O3S2. The largest absolute Gasteiger partial charge is 0.467 e. The quantitative estimate of drug-likeness (QED) is 0.490. The van der Waals surface area contributed by atoms with E-state index in [2.05, 4.69) is 5.32 Å². The number of carbonyl (C=O) groups is 1. The molecule has 0 saturated carbocycles. The van der Waals surface area contributed by atoms with Crippen LogP contribution in [0.4, 0.5) is 0 Å². The number of aromatic nitrogens is 2. The lowest BCUT2D eigenvalue weighted by molar-refractivity contribution is -0.120. The van der Waals surface area contributed by atoms with Crippen LogP contribution >= 0.6 is 23.1 Å². The first-order valence-electron chi connectivity index (χ1n) is 9.60. The third-order valence-corrected chi connectivity index (χ3v) is 7.21. The number of rotatable bonds is 6. The molecule has 3 heterocycles. The molecule has 148 valence electrons. The maximum atomic E-state index is 13.5. The van der Waals surface area contributed by atoms with Crippen molar-refractivity contribution in [1.82, 2.24) is 14.9 Å². The second kappa shape index (κ2) is 8.13. The third-order valence-electron chi connectivity index (χ3n) is 4.94. The van der Waals surface area contributed by atoms with Crippen LogP contribution in [0.2, 0.25) is 0 Å². The molecule has 1 aliphatic rings. The summed E-state index contributed by atoms with van der Waals surface area (Å²) in [6.07, 6.45) is 5.83. The molecule has 3 aromatic rings. The van der Waals surface area contributed by atoms with Crippen molar-refractivity contribution in [2.75, 3.05) is 6.54 Å². The molecule has 0 bridgehead atoms. The first kappa shape index (κ1) is 19.3. The maximum Gasteiger partial charge on any atom is 0.263 e. The lowest BCUT2D eigenvalue weighted by Crippen LogP contribution is -2.32. The van der Waals surface area contributed by atoms with Gasteiger partial charge in [0, 0.05) is 11.4 Å². The van der Waals surface area contributed by atoms with E-state index in [1.54, 1.807) is 22.2 Å². The molecule has 4 rings (SSSR count). The van der Waals surface area contributed by atoms with Crippen LogP contribution in [-0.2, 0) is 24.2 Å². The van der Waals surface area contributed by atoms with Crippen LogP contribution in [0.3, 0.4) is 0 Å². The number of aryl methyl sites for hydroxylation is 2. The summed E-state index contributed by atoms with van der Waals surface area (Å²) < 4.78 is 7.13. The van der Waals surface area contributed by atoms with Crippen molar-refractivity contribution in [2.24, 2.45) is 0 Å². The van der Waals surface area contributed by atoms with Crippen molar-refractivity contribution < 1.29 is 9.21 Å². The molecular weight excluding hydrogens is 394 g/mol. The minimum atomic E-state index is -0.346. The molecule has 0 unspecified atom stereocenters. The zero-order valence-corrected chi connectivity index (χ0v) is 17.6. The number of fused-ring (bicyclic) bond motifs is 3. The van der Waals surface area contributed by atoms with E-state index in [-0.39, 0.29) is 16.7 Å². The number of nitrogens with zero attached hydrogens (tertiary/aromatic N) is 2. The molecule has 28 heavy (non-hydrogen) atoms. The van der Waals surface area contributed by atoms with Gasteiger partial charge in [0.05, 0.1) is 23.4 Å². The average molecular weight is 418 g/mol. The second-order valence-corrected chi connectivity index (χ2v) is 9.30. The molecule has 0 saturated heterocycles. The zero-order chi connectivity index (χ0) is 19.7. The van der Waals surface area contributed by atoms with Gasteiger partial charge in [-0.1, -0.05) is 11.8 Å². The number of carbonyl (C=O) groups excluding carboxylic acids is 1. The minimum Gasteiger partial charge on any atom is -0.467 e. The smallest absolute Gasteiger partial charge is 0.263 e. The van der Waals surface area contributed by atoms with Crippen molar-refractivity contribution in [3.63, 3.8) is 0 Å². The van der Waals surface area contributed by atoms with Gasteiger partial charge in [-0.2, -0.15) is 0 Å². The van der Waals surface area contributed by atoms with Gasteiger partial charge in [0.15, 0.2) is 5.16 Å². The van der Waals surface area contributed by atoms with Gasteiger partial charge in [0.2, 0.25) is 5.91 Å². The average Bonchev–Trinajstić information content (AvgIpc) is 3.32. The Labute approximate surface area is 171 Å². The highest BCUT2D eigenvalue weighted by atomic mass is 32.2. The van der Waals surface area contributed by atoms with E-state index in [0.29, 0.717) is 24.0 Å². The number of furan rings is 1. The molecule has 8 heteroatoms. The van der Waals surface area contributed by atoms with Gasteiger partial charge in [-0.15, -0.1) is 11.3 Å². The van der Waals surface area contributed by atoms with Gasteiger partial charge < -0.3 is 9.73 Å². The van der Waals surface area contributed by atoms with E-state index >= 15 is 0 Å². The number of hydrogen-bond donors (Lipinski definition) is 1. The molecule has 0 fully saturated rings. The highest BCUT2D eigenvalue weighted by molar-refractivity contribution is 8.00. The summed E-state index contributed by atoms with van der Waals surface area (Å²) in [6, 6.07) is 3.66. The van der Waals surface area contributed by atoms with E-state index in [4.69, 9.17) is 9.40 Å². The first-order chi connectivity index (χ1) is 13.6.